The third-order valence-electron chi connectivity index (χ3n) is 5.24. The number of nitrogens with one attached hydrogen (secondary N) is 2. The number of Topliss-reactive ketones (excluding diaryl/α,β-unsaturated/α-hetero) is 1. The first-order valence-corrected chi connectivity index (χ1v) is 11.1. The number of aliphatic hydroxyl groups is 2. The summed E-state index contributed by atoms with van der Waals surface area (Å²) in [4.78, 5) is 23.8. The van der Waals surface area contributed by atoms with Crippen LogP contribution in [0.25, 0.3) is 0 Å². The second kappa shape index (κ2) is 8.97. The molecule has 1 aliphatic carbocycles. The molecule has 0 bridgehead atoms. The van der Waals surface area contributed by atoms with Gasteiger partial charge in [-0.25, -0.2) is 12.8 Å². The second-order valence-corrected chi connectivity index (χ2v) is 9.34. The summed E-state index contributed by atoms with van der Waals surface area (Å²) < 4.78 is 40.2. The molecule has 1 aromatic rings. The number of ketones is 1. The zero-order valence-corrected chi connectivity index (χ0v) is 17.2. The van der Waals surface area contributed by atoms with Crippen LogP contribution in [0.15, 0.2) is 53.0 Å². The molecule has 9 nitrogen and oxygen atoms in total. The lowest BCUT2D eigenvalue weighted by atomic mass is 9.83. The average molecular weight is 454 g/mol. The molecule has 11 heteroatoms. The van der Waals surface area contributed by atoms with Crippen LogP contribution in [0.4, 0.5) is 4.39 Å². The predicted octanol–water partition coefficient (Wildman–Crippen LogP) is -0.143. The van der Waals surface area contributed by atoms with Gasteiger partial charge in [-0.2, -0.15) is 4.72 Å². The van der Waals surface area contributed by atoms with Crippen molar-refractivity contribution in [1.82, 2.24) is 10.0 Å². The Morgan fingerprint density at radius 1 is 1.35 bits per heavy atom. The molecule has 1 saturated heterocycles. The maximum absolute atomic E-state index is 13.3. The summed E-state index contributed by atoms with van der Waals surface area (Å²) in [5.41, 5.74) is -1.39. The third kappa shape index (κ3) is 5.43. The topological polar surface area (TPSA) is 153 Å². The van der Waals surface area contributed by atoms with Crippen LogP contribution < -0.4 is 10.0 Å². The highest BCUT2D eigenvalue weighted by Crippen LogP contribution is 2.27. The highest BCUT2D eigenvalue weighted by molar-refractivity contribution is 7.89. The minimum absolute atomic E-state index is 0.116. The van der Waals surface area contributed by atoms with E-state index in [0.717, 1.165) is 18.2 Å². The maximum atomic E-state index is 13.3. The van der Waals surface area contributed by atoms with Gasteiger partial charge in [-0.1, -0.05) is 18.2 Å². The number of allylic oxidation sites excluding steroid dienone is 1. The lowest BCUT2D eigenvalue weighted by Crippen LogP contribution is -2.47. The van der Waals surface area contributed by atoms with Crippen molar-refractivity contribution in [3.05, 3.63) is 53.9 Å². The van der Waals surface area contributed by atoms with Crippen LogP contribution in [0.1, 0.15) is 19.3 Å². The number of benzene rings is 1. The number of sulfonamides is 1. The lowest BCUT2D eigenvalue weighted by molar-refractivity contribution is -0.139. The summed E-state index contributed by atoms with van der Waals surface area (Å²) in [6, 6.07) is 1.95. The fraction of sp³-hybridized carbons (Fsp3) is 0.400. The van der Waals surface area contributed by atoms with Gasteiger partial charge in [-0.05, 0) is 42.7 Å². The number of carboxylic acids is 1. The first-order chi connectivity index (χ1) is 14.5. The first-order valence-electron chi connectivity index (χ1n) is 9.57. The number of carbonyl (C=O) groups excluding carboxylic acids is 1. The van der Waals surface area contributed by atoms with E-state index in [1.165, 1.54) is 24.3 Å². The van der Waals surface area contributed by atoms with Crippen LogP contribution in [0.3, 0.4) is 0 Å². The third-order valence-corrected chi connectivity index (χ3v) is 6.71. The van der Waals surface area contributed by atoms with Crippen LogP contribution in [-0.4, -0.2) is 65.8 Å². The Bertz CT molecular complexity index is 1040. The lowest BCUT2D eigenvalue weighted by Gasteiger charge is -2.28. The molecule has 0 aromatic heterocycles. The van der Waals surface area contributed by atoms with E-state index in [1.807, 2.05) is 4.72 Å². The molecule has 1 fully saturated rings. The predicted molar refractivity (Wildman–Crippen MR) is 107 cm³/mol. The number of β-amino-alcohol motifs (C(OH)–C–C–N with tert-alkyl or cyclic N) is 1. The molecule has 5 N–H and O–H groups in total. The molecule has 0 amide bonds. The fourth-order valence-electron chi connectivity index (χ4n) is 3.52. The second-order valence-electron chi connectivity index (χ2n) is 7.63. The Morgan fingerprint density at radius 3 is 2.65 bits per heavy atom. The van der Waals surface area contributed by atoms with Crippen LogP contribution >= 0.6 is 0 Å². The highest BCUT2D eigenvalue weighted by atomic mass is 32.2. The molecule has 3 rings (SSSR count). The van der Waals surface area contributed by atoms with Crippen LogP contribution in [-0.2, 0) is 19.6 Å². The minimum atomic E-state index is -4.29. The van der Waals surface area contributed by atoms with Crippen LogP contribution in [0, 0.1) is 5.82 Å². The SMILES string of the molecule is O=C(O)[C@H](CC1=CC[C@](O)(C(=O)[C@@H]2C[C@@H](O)CN2)C=C1)NS(=O)(=O)c1cccc(F)c1. The van der Waals surface area contributed by atoms with Gasteiger partial charge in [0.05, 0.1) is 17.0 Å². The number of carbonyl (C=O) groups is 2. The Hall–Kier alpha value is -2.44. The Morgan fingerprint density at radius 2 is 2.10 bits per heavy atom. The van der Waals surface area contributed by atoms with Gasteiger partial charge in [0.15, 0.2) is 5.78 Å². The molecule has 0 radical (unpaired) electrons. The fourth-order valence-corrected chi connectivity index (χ4v) is 4.75. The summed E-state index contributed by atoms with van der Waals surface area (Å²) in [6.45, 7) is 0.253. The summed E-state index contributed by atoms with van der Waals surface area (Å²) in [6.07, 6.45) is 3.25. The number of halogens is 1. The molecule has 0 unspecified atom stereocenters. The van der Waals surface area contributed by atoms with Crippen molar-refractivity contribution in [3.8, 4) is 0 Å². The van der Waals surface area contributed by atoms with E-state index in [1.54, 1.807) is 0 Å². The Balaban J connectivity index is 1.68. The molecule has 0 spiro atoms. The minimum Gasteiger partial charge on any atom is -0.480 e. The van der Waals surface area contributed by atoms with E-state index in [0.29, 0.717) is 5.57 Å². The monoisotopic (exact) mass is 454 g/mol. The number of hydrogen-bond donors (Lipinski definition) is 5. The molecule has 168 valence electrons. The van der Waals surface area contributed by atoms with Crippen LogP contribution in [0.2, 0.25) is 0 Å². The molecule has 4 atom stereocenters. The molecule has 0 saturated carbocycles. The van der Waals surface area contributed by atoms with E-state index in [-0.39, 0.29) is 25.8 Å². The van der Waals surface area contributed by atoms with Crippen molar-refractivity contribution >= 4 is 21.8 Å². The zero-order chi connectivity index (χ0) is 22.8. The molecular formula is C20H23FN2O7S. The smallest absolute Gasteiger partial charge is 0.322 e. The summed E-state index contributed by atoms with van der Waals surface area (Å²) >= 11 is 0. The Labute approximate surface area is 178 Å². The zero-order valence-electron chi connectivity index (χ0n) is 16.4. The van der Waals surface area contributed by atoms with E-state index >= 15 is 0 Å². The molecule has 1 heterocycles. The largest absolute Gasteiger partial charge is 0.480 e. The maximum Gasteiger partial charge on any atom is 0.322 e. The Kier molecular flexibility index (Phi) is 6.72. The van der Waals surface area contributed by atoms with Gasteiger partial charge in [0.25, 0.3) is 0 Å². The molecular weight excluding hydrogens is 431 g/mol. The number of aliphatic carboxylic acids is 1. The van der Waals surface area contributed by atoms with Crippen molar-refractivity contribution in [2.75, 3.05) is 6.54 Å². The van der Waals surface area contributed by atoms with Crippen molar-refractivity contribution in [2.45, 2.75) is 47.9 Å². The van der Waals surface area contributed by atoms with Crippen molar-refractivity contribution in [1.29, 1.82) is 0 Å². The number of rotatable bonds is 8. The van der Waals surface area contributed by atoms with Crippen molar-refractivity contribution in [2.24, 2.45) is 0 Å². The van der Waals surface area contributed by atoms with E-state index < -0.39 is 56.3 Å². The van der Waals surface area contributed by atoms with Gasteiger partial charge in [0.2, 0.25) is 10.0 Å². The number of carboxylic acid groups (broad SMARTS) is 1. The van der Waals surface area contributed by atoms with Gasteiger partial charge in [-0.3, -0.25) is 9.59 Å². The van der Waals surface area contributed by atoms with E-state index in [2.05, 4.69) is 5.32 Å². The quantitative estimate of drug-likeness (QED) is 0.364. The normalized spacial score (nSPS) is 27.0. The van der Waals surface area contributed by atoms with Crippen molar-refractivity contribution in [3.63, 3.8) is 0 Å². The number of hydrogen-bond acceptors (Lipinski definition) is 7. The number of aliphatic hydroxyl groups excluding tert-OH is 1. The summed E-state index contributed by atoms with van der Waals surface area (Å²) in [5.74, 6) is -2.71. The van der Waals surface area contributed by atoms with Crippen LogP contribution in [0.5, 0.6) is 0 Å². The molecule has 2 aliphatic rings. The van der Waals surface area contributed by atoms with Crippen molar-refractivity contribution < 1.29 is 37.7 Å². The van der Waals surface area contributed by atoms with E-state index in [4.69, 9.17) is 0 Å². The van der Waals surface area contributed by atoms with Gasteiger partial charge < -0.3 is 20.6 Å². The molecule has 1 aliphatic heterocycles. The first kappa shape index (κ1) is 23.2. The average Bonchev–Trinajstić information content (AvgIpc) is 3.14. The summed E-state index contributed by atoms with van der Waals surface area (Å²) in [5, 5.41) is 32.5. The summed E-state index contributed by atoms with van der Waals surface area (Å²) in [7, 11) is -4.29. The standard InChI is InChI=1S/C20H23FN2O7S/c21-13-2-1-3-15(9-13)31(29,30)23-17(19(26)27)8-12-4-6-20(28,7-5-12)18(25)16-10-14(24)11-22-16/h1-6,9,14,16-17,22-24,28H,7-8,10-11H2,(H,26,27)/t14-,16+,17+,20+/m1/s1. The van der Waals surface area contributed by atoms with E-state index in [9.17, 15) is 37.7 Å². The van der Waals surface area contributed by atoms with Gasteiger partial charge in [0.1, 0.15) is 17.5 Å². The van der Waals surface area contributed by atoms with Gasteiger partial charge in [0, 0.05) is 13.0 Å². The molecule has 31 heavy (non-hydrogen) atoms. The molecule has 1 aromatic carbocycles. The van der Waals surface area contributed by atoms with Gasteiger partial charge >= 0.3 is 5.97 Å². The van der Waals surface area contributed by atoms with Gasteiger partial charge in [-0.15, -0.1) is 0 Å². The highest BCUT2D eigenvalue weighted by Gasteiger charge is 2.41.